The van der Waals surface area contributed by atoms with E-state index in [9.17, 15) is 4.79 Å². The van der Waals surface area contributed by atoms with E-state index in [0.29, 0.717) is 29.2 Å². The molecule has 3 N–H and O–H groups in total. The number of aliphatic imine (C=N–C) groups is 1. The summed E-state index contributed by atoms with van der Waals surface area (Å²) in [5.74, 6) is 2.22. The summed E-state index contributed by atoms with van der Waals surface area (Å²) in [4.78, 5) is 23.9. The highest BCUT2D eigenvalue weighted by Crippen LogP contribution is 2.37. The molecule has 158 valence electrons. The molecule has 1 fully saturated rings. The fourth-order valence-electron chi connectivity index (χ4n) is 4.18. The number of aryl methyl sites for hydroxylation is 2. The van der Waals surface area contributed by atoms with Gasteiger partial charge in [0.1, 0.15) is 6.04 Å². The van der Waals surface area contributed by atoms with Crippen LogP contribution in [0, 0.1) is 19.8 Å². The van der Waals surface area contributed by atoms with Crippen LogP contribution >= 0.6 is 0 Å². The minimum absolute atomic E-state index is 0.0506. The lowest BCUT2D eigenvalue weighted by molar-refractivity contribution is 0.0818. The van der Waals surface area contributed by atoms with E-state index in [1.165, 1.54) is 0 Å². The monoisotopic (exact) mass is 409 g/mol. The van der Waals surface area contributed by atoms with Crippen LogP contribution in [0.5, 0.6) is 0 Å². The van der Waals surface area contributed by atoms with Crippen LogP contribution in [0.1, 0.15) is 55.6 Å². The van der Waals surface area contributed by atoms with Crippen LogP contribution in [0.15, 0.2) is 40.1 Å². The molecule has 0 spiro atoms. The van der Waals surface area contributed by atoms with E-state index in [1.807, 2.05) is 30.0 Å². The number of piperidine rings is 1. The highest BCUT2D eigenvalue weighted by atomic mass is 16.5. The molecule has 2 aromatic rings. The van der Waals surface area contributed by atoms with Crippen LogP contribution in [-0.2, 0) is 0 Å². The van der Waals surface area contributed by atoms with Crippen molar-refractivity contribution in [3.05, 3.63) is 53.4 Å². The number of urea groups is 1. The largest absolute Gasteiger partial charge is 0.337 e. The molecule has 2 unspecified atom stereocenters. The summed E-state index contributed by atoms with van der Waals surface area (Å²) in [5.41, 5.74) is 8.62. The molecule has 3 heterocycles. The summed E-state index contributed by atoms with van der Waals surface area (Å²) in [7, 11) is 0. The Morgan fingerprint density at radius 1 is 1.27 bits per heavy atom. The number of likely N-dealkylation sites (tertiary alicyclic amines) is 1. The van der Waals surface area contributed by atoms with Gasteiger partial charge in [0, 0.05) is 29.7 Å². The molecule has 1 saturated heterocycles. The first kappa shape index (κ1) is 19.9. The van der Waals surface area contributed by atoms with Crippen LogP contribution in [0.25, 0.3) is 0 Å². The molecule has 3 atom stereocenters. The van der Waals surface area contributed by atoms with Crippen molar-refractivity contribution in [2.24, 2.45) is 10.9 Å². The number of rotatable bonds is 3. The Kier molecular flexibility index (Phi) is 5.43. The molecule has 1 aromatic carbocycles. The van der Waals surface area contributed by atoms with Gasteiger partial charge in [0.2, 0.25) is 5.89 Å². The molecule has 2 amide bonds. The fourth-order valence-corrected chi connectivity index (χ4v) is 4.18. The van der Waals surface area contributed by atoms with Gasteiger partial charge in [0.25, 0.3) is 0 Å². The maximum absolute atomic E-state index is 13.3. The number of hydrogen-bond donors (Lipinski definition) is 3. The van der Waals surface area contributed by atoms with Crippen LogP contribution in [-0.4, -0.2) is 32.9 Å². The van der Waals surface area contributed by atoms with Crippen LogP contribution < -0.4 is 16.2 Å². The third kappa shape index (κ3) is 4.00. The molecule has 0 saturated carbocycles. The van der Waals surface area contributed by atoms with Crippen molar-refractivity contribution in [1.29, 1.82) is 0 Å². The molecule has 1 aromatic heterocycles. The Labute approximate surface area is 175 Å². The van der Waals surface area contributed by atoms with Gasteiger partial charge >= 0.3 is 6.03 Å². The van der Waals surface area contributed by atoms with Gasteiger partial charge in [-0.25, -0.2) is 9.79 Å². The van der Waals surface area contributed by atoms with Gasteiger partial charge in [-0.05, 0) is 57.2 Å². The number of anilines is 1. The number of aromatic nitrogens is 2. The van der Waals surface area contributed by atoms with Gasteiger partial charge in [-0.15, -0.1) is 0 Å². The second-order valence-electron chi connectivity index (χ2n) is 8.05. The molecular weight excluding hydrogens is 382 g/mol. The maximum atomic E-state index is 13.3. The zero-order valence-electron chi connectivity index (χ0n) is 17.6. The molecule has 2 aliphatic rings. The van der Waals surface area contributed by atoms with Gasteiger partial charge in [-0.1, -0.05) is 18.1 Å². The lowest BCUT2D eigenvalue weighted by Gasteiger charge is -2.41. The van der Waals surface area contributed by atoms with Crippen molar-refractivity contribution in [3.8, 4) is 0 Å². The molecule has 2 aliphatic heterocycles. The quantitative estimate of drug-likeness (QED) is 0.717. The van der Waals surface area contributed by atoms with Crippen molar-refractivity contribution < 1.29 is 9.32 Å². The standard InChI is InChI=1S/C21H27N7O2/c1-12-9-14(3)28(18(10-12)20-24-15(4)27-30-20)21(29)25-16-6-5-13(2)17(11-16)19-22-7-8-23-26-19/h5-8,11-12,14,18,23H,9-10H2,1-4H3,(H,22,26)(H,25,29)/t12?,14-,18?/m1/s1. The SMILES string of the molecule is Cc1noc(C2CC(C)C[C@@H](C)N2C(=O)Nc2ccc(C)c(C3=NC=CNN3)c2)n1. The van der Waals surface area contributed by atoms with E-state index in [1.54, 1.807) is 19.3 Å². The number of hydrogen-bond acceptors (Lipinski definition) is 7. The lowest BCUT2D eigenvalue weighted by atomic mass is 9.88. The topological polar surface area (TPSA) is 108 Å². The first-order valence-electron chi connectivity index (χ1n) is 10.2. The summed E-state index contributed by atoms with van der Waals surface area (Å²) in [6, 6.07) is 5.41. The Balaban J connectivity index is 1.58. The molecule has 30 heavy (non-hydrogen) atoms. The molecule has 9 heteroatoms. The first-order valence-corrected chi connectivity index (χ1v) is 10.2. The summed E-state index contributed by atoms with van der Waals surface area (Å²) in [5, 5.41) is 6.96. The Morgan fingerprint density at radius 3 is 2.80 bits per heavy atom. The Hall–Kier alpha value is -3.36. The van der Waals surface area contributed by atoms with Crippen molar-refractivity contribution in [3.63, 3.8) is 0 Å². The lowest BCUT2D eigenvalue weighted by Crippen LogP contribution is -2.48. The minimum Gasteiger partial charge on any atom is -0.337 e. The van der Waals surface area contributed by atoms with Gasteiger partial charge in [0.05, 0.1) is 0 Å². The zero-order valence-corrected chi connectivity index (χ0v) is 17.6. The third-order valence-corrected chi connectivity index (χ3v) is 5.54. The molecule has 0 bridgehead atoms. The van der Waals surface area contributed by atoms with Gasteiger partial charge < -0.3 is 20.2 Å². The van der Waals surface area contributed by atoms with E-state index in [4.69, 9.17) is 4.52 Å². The number of benzene rings is 1. The Morgan fingerprint density at radius 2 is 2.10 bits per heavy atom. The van der Waals surface area contributed by atoms with Crippen molar-refractivity contribution in [1.82, 2.24) is 25.9 Å². The number of carbonyl (C=O) groups excluding carboxylic acids is 1. The van der Waals surface area contributed by atoms with Crippen LogP contribution in [0.4, 0.5) is 10.5 Å². The summed E-state index contributed by atoms with van der Waals surface area (Å²) in [6.45, 7) is 8.04. The number of nitrogens with one attached hydrogen (secondary N) is 3. The smallest absolute Gasteiger partial charge is 0.322 e. The molecular formula is C21H27N7O2. The van der Waals surface area contributed by atoms with E-state index >= 15 is 0 Å². The highest BCUT2D eigenvalue weighted by Gasteiger charge is 2.38. The third-order valence-electron chi connectivity index (χ3n) is 5.54. The molecule has 4 rings (SSSR count). The molecule has 0 radical (unpaired) electrons. The summed E-state index contributed by atoms with van der Waals surface area (Å²) >= 11 is 0. The van der Waals surface area contributed by atoms with Crippen molar-refractivity contribution in [2.75, 3.05) is 5.32 Å². The molecule has 0 aliphatic carbocycles. The van der Waals surface area contributed by atoms with E-state index in [-0.39, 0.29) is 18.1 Å². The van der Waals surface area contributed by atoms with Gasteiger partial charge in [-0.2, -0.15) is 4.98 Å². The maximum Gasteiger partial charge on any atom is 0.322 e. The fraction of sp³-hybridized carbons (Fsp3) is 0.429. The average molecular weight is 409 g/mol. The normalized spacial score (nSPS) is 23.4. The number of amides is 2. The molecule has 9 nitrogen and oxygen atoms in total. The van der Waals surface area contributed by atoms with Crippen molar-refractivity contribution >= 4 is 17.6 Å². The number of carbonyl (C=O) groups is 1. The summed E-state index contributed by atoms with van der Waals surface area (Å²) in [6.07, 6.45) is 5.11. The second-order valence-corrected chi connectivity index (χ2v) is 8.05. The predicted octanol–water partition coefficient (Wildman–Crippen LogP) is 3.41. The van der Waals surface area contributed by atoms with Gasteiger partial charge in [-0.3, -0.25) is 5.43 Å². The average Bonchev–Trinajstić information content (AvgIpc) is 3.15. The number of amidine groups is 1. The van der Waals surface area contributed by atoms with Crippen molar-refractivity contribution in [2.45, 2.75) is 52.6 Å². The number of nitrogens with zero attached hydrogens (tertiary/aromatic N) is 4. The number of hydrazine groups is 1. The van der Waals surface area contributed by atoms with E-state index in [2.05, 4.69) is 45.1 Å². The highest BCUT2D eigenvalue weighted by molar-refractivity contribution is 6.02. The predicted molar refractivity (Wildman–Crippen MR) is 114 cm³/mol. The van der Waals surface area contributed by atoms with E-state index in [0.717, 1.165) is 24.0 Å². The first-order chi connectivity index (χ1) is 14.4. The summed E-state index contributed by atoms with van der Waals surface area (Å²) < 4.78 is 5.43. The van der Waals surface area contributed by atoms with Crippen LogP contribution in [0.2, 0.25) is 0 Å². The zero-order chi connectivity index (χ0) is 21.3. The van der Waals surface area contributed by atoms with Gasteiger partial charge in [0.15, 0.2) is 11.7 Å². The van der Waals surface area contributed by atoms with E-state index < -0.39 is 0 Å². The Bertz CT molecular complexity index is 997. The minimum atomic E-state index is -0.242. The van der Waals surface area contributed by atoms with Crippen LogP contribution in [0.3, 0.4) is 0 Å². The second kappa shape index (κ2) is 8.17.